The first-order valence-corrected chi connectivity index (χ1v) is 7.49. The highest BCUT2D eigenvalue weighted by atomic mass is 19.1. The second-order valence-corrected chi connectivity index (χ2v) is 5.31. The number of rotatable bonds is 3. The Labute approximate surface area is 138 Å². The fourth-order valence-electron chi connectivity index (χ4n) is 2.45. The highest BCUT2D eigenvalue weighted by Crippen LogP contribution is 2.22. The van der Waals surface area contributed by atoms with E-state index < -0.39 is 0 Å². The summed E-state index contributed by atoms with van der Waals surface area (Å²) in [7, 11) is 0. The van der Waals surface area contributed by atoms with Gasteiger partial charge in [-0.2, -0.15) is 0 Å². The van der Waals surface area contributed by atoms with Crippen molar-refractivity contribution in [2.45, 2.75) is 0 Å². The van der Waals surface area contributed by atoms with Crippen LogP contribution >= 0.6 is 0 Å². The Morgan fingerprint density at radius 2 is 1.54 bits per heavy atom. The smallest absolute Gasteiger partial charge is 0.159 e. The Balaban J connectivity index is 1.63. The summed E-state index contributed by atoms with van der Waals surface area (Å²) in [5.74, 6) is 0.969. The largest absolute Gasteiger partial charge is 0.344 e. The predicted molar refractivity (Wildman–Crippen MR) is 90.4 cm³/mol. The molecule has 2 heterocycles. The fourth-order valence-corrected chi connectivity index (χ4v) is 2.45. The molecule has 0 aliphatic carbocycles. The number of halogens is 1. The van der Waals surface area contributed by atoms with E-state index in [1.165, 1.54) is 12.1 Å². The van der Waals surface area contributed by atoms with Crippen LogP contribution in [0.3, 0.4) is 0 Å². The molecular weight excluding hydrogens is 303 g/mol. The molecule has 1 N–H and O–H groups in total. The Kier molecular flexibility index (Phi) is 3.59. The number of hydrogen-bond acceptors (Lipinski definition) is 3. The third-order valence-corrected chi connectivity index (χ3v) is 3.66. The molecule has 0 spiro atoms. The molecule has 0 amide bonds. The molecule has 0 unspecified atom stereocenters. The lowest BCUT2D eigenvalue weighted by atomic mass is 10.2. The van der Waals surface area contributed by atoms with Crippen molar-refractivity contribution < 1.29 is 4.39 Å². The van der Waals surface area contributed by atoms with Crippen LogP contribution in [0.4, 0.5) is 4.39 Å². The minimum absolute atomic E-state index is 0.306. The number of nitrogens with one attached hydrogen (secondary N) is 1. The van der Waals surface area contributed by atoms with Gasteiger partial charge in [-0.15, -0.1) is 0 Å². The van der Waals surface area contributed by atoms with Gasteiger partial charge in [0.1, 0.15) is 11.6 Å². The van der Waals surface area contributed by atoms with Gasteiger partial charge in [-0.1, -0.05) is 42.5 Å². The van der Waals surface area contributed by atoms with Gasteiger partial charge in [0, 0.05) is 35.3 Å². The van der Waals surface area contributed by atoms with Gasteiger partial charge < -0.3 is 4.98 Å². The van der Waals surface area contributed by atoms with E-state index >= 15 is 0 Å². The average molecular weight is 316 g/mol. The topological polar surface area (TPSA) is 54.5 Å². The van der Waals surface area contributed by atoms with Crippen LogP contribution in [-0.2, 0) is 0 Å². The van der Waals surface area contributed by atoms with Crippen molar-refractivity contribution in [3.05, 3.63) is 79.0 Å². The van der Waals surface area contributed by atoms with Crippen molar-refractivity contribution in [2.75, 3.05) is 0 Å². The van der Waals surface area contributed by atoms with Crippen LogP contribution < -0.4 is 0 Å². The Hall–Kier alpha value is -3.34. The molecule has 116 valence electrons. The van der Waals surface area contributed by atoms with Crippen molar-refractivity contribution in [2.24, 2.45) is 0 Å². The van der Waals surface area contributed by atoms with Crippen molar-refractivity contribution >= 4 is 0 Å². The molecule has 0 fully saturated rings. The first-order valence-electron chi connectivity index (χ1n) is 7.49. The fraction of sp³-hybridized carbons (Fsp3) is 0. The zero-order chi connectivity index (χ0) is 16.4. The summed E-state index contributed by atoms with van der Waals surface area (Å²) in [6.45, 7) is 0. The number of aromatic amines is 1. The highest BCUT2D eigenvalue weighted by Gasteiger charge is 2.08. The molecule has 0 saturated heterocycles. The highest BCUT2D eigenvalue weighted by molar-refractivity contribution is 5.64. The summed E-state index contributed by atoms with van der Waals surface area (Å²) in [6, 6.07) is 16.1. The van der Waals surface area contributed by atoms with Crippen molar-refractivity contribution in [1.82, 2.24) is 19.9 Å². The lowest BCUT2D eigenvalue weighted by Gasteiger charge is -2.01. The van der Waals surface area contributed by atoms with Crippen molar-refractivity contribution in [1.29, 1.82) is 0 Å². The lowest BCUT2D eigenvalue weighted by Crippen LogP contribution is -1.90. The second kappa shape index (κ2) is 6.04. The summed E-state index contributed by atoms with van der Waals surface area (Å²) in [5, 5.41) is 0. The number of hydrogen-bond donors (Lipinski definition) is 1. The van der Waals surface area contributed by atoms with Gasteiger partial charge in [-0.3, -0.25) is 0 Å². The van der Waals surface area contributed by atoms with E-state index in [1.807, 2.05) is 36.5 Å². The third-order valence-electron chi connectivity index (χ3n) is 3.66. The normalized spacial score (nSPS) is 10.7. The van der Waals surface area contributed by atoms with Gasteiger partial charge in [0.2, 0.25) is 0 Å². The standard InChI is InChI=1S/C19H13FN4/c20-16-8-4-7-14(9-16)18-21-10-15(11-22-18)17-12-23-19(24-17)13-5-2-1-3-6-13/h1-12H,(H,23,24). The van der Waals surface area contributed by atoms with Crippen LogP contribution in [-0.4, -0.2) is 19.9 Å². The Morgan fingerprint density at radius 1 is 0.792 bits per heavy atom. The predicted octanol–water partition coefficient (Wildman–Crippen LogP) is 4.34. The summed E-state index contributed by atoms with van der Waals surface area (Å²) >= 11 is 0. The summed E-state index contributed by atoms with van der Waals surface area (Å²) in [4.78, 5) is 16.4. The first kappa shape index (κ1) is 14.3. The molecule has 0 radical (unpaired) electrons. The third kappa shape index (κ3) is 2.79. The lowest BCUT2D eigenvalue weighted by molar-refractivity contribution is 0.628. The second-order valence-electron chi connectivity index (χ2n) is 5.31. The number of imidazole rings is 1. The van der Waals surface area contributed by atoms with Crippen LogP contribution in [0, 0.1) is 5.82 Å². The van der Waals surface area contributed by atoms with E-state index in [0.29, 0.717) is 11.4 Å². The maximum atomic E-state index is 13.3. The van der Waals surface area contributed by atoms with Crippen molar-refractivity contribution in [3.63, 3.8) is 0 Å². The van der Waals surface area contributed by atoms with Gasteiger partial charge >= 0.3 is 0 Å². The van der Waals surface area contributed by atoms with Gasteiger partial charge in [-0.05, 0) is 12.1 Å². The van der Waals surface area contributed by atoms with Crippen LogP contribution in [0.2, 0.25) is 0 Å². The SMILES string of the molecule is Fc1cccc(-c2ncc(-c3c[nH]c(-c4ccccc4)n3)cn2)c1. The molecule has 2 aromatic carbocycles. The molecule has 0 aliphatic heterocycles. The molecule has 0 bridgehead atoms. The zero-order valence-electron chi connectivity index (χ0n) is 12.6. The van der Waals surface area contributed by atoms with Gasteiger partial charge in [0.05, 0.1) is 5.69 Å². The van der Waals surface area contributed by atoms with Gasteiger partial charge in [-0.25, -0.2) is 19.3 Å². The maximum Gasteiger partial charge on any atom is 0.159 e. The van der Waals surface area contributed by atoms with Crippen LogP contribution in [0.25, 0.3) is 34.0 Å². The molecule has 2 aromatic heterocycles. The zero-order valence-corrected chi connectivity index (χ0v) is 12.6. The van der Waals surface area contributed by atoms with E-state index in [4.69, 9.17) is 0 Å². The number of aromatic nitrogens is 4. The van der Waals surface area contributed by atoms with E-state index in [-0.39, 0.29) is 5.82 Å². The maximum absolute atomic E-state index is 13.3. The quantitative estimate of drug-likeness (QED) is 0.611. The molecule has 5 heteroatoms. The van der Waals surface area contributed by atoms with E-state index in [2.05, 4.69) is 19.9 Å². The molecule has 24 heavy (non-hydrogen) atoms. The molecule has 0 saturated carbocycles. The van der Waals surface area contributed by atoms with Crippen molar-refractivity contribution in [3.8, 4) is 34.0 Å². The summed E-state index contributed by atoms with van der Waals surface area (Å²) in [6.07, 6.45) is 5.21. The van der Waals surface area contributed by atoms with E-state index in [9.17, 15) is 4.39 Å². The molecule has 0 atom stereocenters. The van der Waals surface area contributed by atoms with Crippen LogP contribution in [0.1, 0.15) is 0 Å². The van der Waals surface area contributed by atoms with E-state index in [1.54, 1.807) is 24.5 Å². The van der Waals surface area contributed by atoms with Crippen LogP contribution in [0.15, 0.2) is 73.2 Å². The summed E-state index contributed by atoms with van der Waals surface area (Å²) in [5.41, 5.74) is 3.22. The molecule has 0 aliphatic rings. The molecular formula is C19H13FN4. The monoisotopic (exact) mass is 316 g/mol. The van der Waals surface area contributed by atoms with E-state index in [0.717, 1.165) is 22.6 Å². The molecule has 4 nitrogen and oxygen atoms in total. The van der Waals surface area contributed by atoms with Gasteiger partial charge in [0.25, 0.3) is 0 Å². The number of H-pyrrole nitrogens is 1. The summed E-state index contributed by atoms with van der Waals surface area (Å²) < 4.78 is 13.3. The number of nitrogens with zero attached hydrogens (tertiary/aromatic N) is 3. The Morgan fingerprint density at radius 3 is 2.29 bits per heavy atom. The minimum Gasteiger partial charge on any atom is -0.344 e. The average Bonchev–Trinajstić information content (AvgIpc) is 3.13. The Bertz CT molecular complexity index is 962. The van der Waals surface area contributed by atoms with Crippen LogP contribution in [0.5, 0.6) is 0 Å². The minimum atomic E-state index is -0.306. The first-order chi connectivity index (χ1) is 11.8. The molecule has 4 rings (SSSR count). The number of benzene rings is 2. The van der Waals surface area contributed by atoms with Gasteiger partial charge in [0.15, 0.2) is 5.82 Å². The molecule has 4 aromatic rings.